The van der Waals surface area contributed by atoms with Crippen LogP contribution in [0.25, 0.3) is 11.0 Å². The molecule has 1 unspecified atom stereocenters. The van der Waals surface area contributed by atoms with Crippen LogP contribution in [0.4, 0.5) is 0 Å². The molecule has 5 heteroatoms. The lowest BCUT2D eigenvalue weighted by Crippen LogP contribution is -2.11. The predicted molar refractivity (Wildman–Crippen MR) is 89.7 cm³/mol. The fourth-order valence-corrected chi connectivity index (χ4v) is 3.99. The summed E-state index contributed by atoms with van der Waals surface area (Å²) in [6.07, 6.45) is 1.02. The first-order valence-electron chi connectivity index (χ1n) is 6.50. The molecule has 3 aromatic rings. The maximum atomic E-state index is 6.11. The molecule has 0 radical (unpaired) electrons. The van der Waals surface area contributed by atoms with Crippen molar-refractivity contribution in [3.05, 3.63) is 50.9 Å². The molecule has 104 valence electrons. The summed E-state index contributed by atoms with van der Waals surface area (Å²) in [6, 6.07) is 10.8. The molecule has 2 heterocycles. The predicted octanol–water partition coefficient (Wildman–Crippen LogP) is 5.60. The highest BCUT2D eigenvalue weighted by molar-refractivity contribution is 9.10. The van der Waals surface area contributed by atoms with Crippen LogP contribution >= 0.6 is 38.9 Å². The van der Waals surface area contributed by atoms with Crippen molar-refractivity contribution in [2.75, 3.05) is 0 Å². The number of alkyl halides is 1. The first-order chi connectivity index (χ1) is 9.74. The highest BCUT2D eigenvalue weighted by Crippen LogP contribution is 2.32. The molecule has 0 N–H and O–H groups in total. The molecule has 0 saturated carbocycles. The molecular formula is C15H14BrClN2S. The summed E-state index contributed by atoms with van der Waals surface area (Å²) in [5, 5.41) is 2.12. The SMILES string of the molecule is CCC(c1cccs1)n1c(CCl)nc2cc(Br)ccc21. The van der Waals surface area contributed by atoms with E-state index in [4.69, 9.17) is 11.6 Å². The van der Waals surface area contributed by atoms with Gasteiger partial charge in [-0.1, -0.05) is 28.9 Å². The first-order valence-corrected chi connectivity index (χ1v) is 8.71. The van der Waals surface area contributed by atoms with Crippen LogP contribution in [-0.2, 0) is 5.88 Å². The molecule has 0 bridgehead atoms. The number of hydrogen-bond donors (Lipinski definition) is 0. The number of thiophene rings is 1. The summed E-state index contributed by atoms with van der Waals surface area (Å²) in [5.74, 6) is 1.36. The number of aromatic nitrogens is 2. The van der Waals surface area contributed by atoms with Crippen molar-refractivity contribution in [2.45, 2.75) is 25.3 Å². The largest absolute Gasteiger partial charge is 0.319 e. The van der Waals surface area contributed by atoms with Crippen molar-refractivity contribution in [1.29, 1.82) is 0 Å². The average Bonchev–Trinajstić information content (AvgIpc) is 3.08. The van der Waals surface area contributed by atoms with Gasteiger partial charge in [0, 0.05) is 9.35 Å². The second-order valence-corrected chi connectivity index (χ2v) is 6.77. The average molecular weight is 370 g/mol. The zero-order valence-electron chi connectivity index (χ0n) is 11.0. The number of halogens is 2. The Morgan fingerprint density at radius 1 is 1.40 bits per heavy atom. The molecule has 3 rings (SSSR count). The van der Waals surface area contributed by atoms with Crippen LogP contribution in [0.1, 0.15) is 30.1 Å². The summed E-state index contributed by atoms with van der Waals surface area (Å²) in [7, 11) is 0. The van der Waals surface area contributed by atoms with Gasteiger partial charge in [0.05, 0.1) is 23.0 Å². The number of benzene rings is 1. The van der Waals surface area contributed by atoms with Crippen molar-refractivity contribution in [3.8, 4) is 0 Å². The van der Waals surface area contributed by atoms with E-state index in [1.807, 2.05) is 6.07 Å². The molecule has 2 nitrogen and oxygen atoms in total. The Balaban J connectivity index is 2.22. The molecule has 0 amide bonds. The van der Waals surface area contributed by atoms with Crippen LogP contribution in [0.3, 0.4) is 0 Å². The molecular weight excluding hydrogens is 356 g/mol. The van der Waals surface area contributed by atoms with Gasteiger partial charge in [-0.15, -0.1) is 22.9 Å². The van der Waals surface area contributed by atoms with Crippen LogP contribution in [0.5, 0.6) is 0 Å². The van der Waals surface area contributed by atoms with Crippen molar-refractivity contribution < 1.29 is 0 Å². The van der Waals surface area contributed by atoms with Crippen LogP contribution < -0.4 is 0 Å². The quantitative estimate of drug-likeness (QED) is 0.547. The van der Waals surface area contributed by atoms with E-state index in [1.54, 1.807) is 11.3 Å². The van der Waals surface area contributed by atoms with E-state index in [0.29, 0.717) is 11.9 Å². The molecule has 0 aliphatic carbocycles. The van der Waals surface area contributed by atoms with Gasteiger partial charge in [0.2, 0.25) is 0 Å². The van der Waals surface area contributed by atoms with Gasteiger partial charge in [-0.3, -0.25) is 0 Å². The van der Waals surface area contributed by atoms with E-state index in [1.165, 1.54) is 4.88 Å². The van der Waals surface area contributed by atoms with Gasteiger partial charge in [-0.05, 0) is 36.1 Å². The van der Waals surface area contributed by atoms with E-state index in [2.05, 4.69) is 62.1 Å². The minimum absolute atomic E-state index is 0.301. The van der Waals surface area contributed by atoms with E-state index in [9.17, 15) is 0 Å². The summed E-state index contributed by atoms with van der Waals surface area (Å²) in [4.78, 5) is 6.02. The van der Waals surface area contributed by atoms with Gasteiger partial charge in [0.25, 0.3) is 0 Å². The zero-order chi connectivity index (χ0) is 14.1. The fourth-order valence-electron chi connectivity index (χ4n) is 2.56. The highest BCUT2D eigenvalue weighted by atomic mass is 79.9. The van der Waals surface area contributed by atoms with Crippen LogP contribution in [0.15, 0.2) is 40.2 Å². The van der Waals surface area contributed by atoms with Gasteiger partial charge < -0.3 is 4.57 Å². The maximum Gasteiger partial charge on any atom is 0.125 e. The standard InChI is InChI=1S/C15H14BrClN2S/c1-2-12(14-4-3-7-20-14)19-13-6-5-10(16)8-11(13)18-15(19)9-17/h3-8,12H,2,9H2,1H3. The summed E-state index contributed by atoms with van der Waals surface area (Å²) < 4.78 is 3.32. The summed E-state index contributed by atoms with van der Waals surface area (Å²) >= 11 is 11.4. The lowest BCUT2D eigenvalue weighted by atomic mass is 10.1. The molecule has 1 aromatic carbocycles. The Kier molecular flexibility index (Phi) is 4.15. The second kappa shape index (κ2) is 5.88. The third-order valence-corrected chi connectivity index (χ3v) is 5.12. The minimum atomic E-state index is 0.301. The smallest absolute Gasteiger partial charge is 0.125 e. The first kappa shape index (κ1) is 14.1. The summed E-state index contributed by atoms with van der Waals surface area (Å²) in [5.41, 5.74) is 2.13. The Morgan fingerprint density at radius 2 is 2.25 bits per heavy atom. The van der Waals surface area contributed by atoms with Gasteiger partial charge in [-0.2, -0.15) is 0 Å². The molecule has 20 heavy (non-hydrogen) atoms. The van der Waals surface area contributed by atoms with Crippen molar-refractivity contribution >= 4 is 49.9 Å². The fraction of sp³-hybridized carbons (Fsp3) is 0.267. The van der Waals surface area contributed by atoms with Crippen molar-refractivity contribution in [1.82, 2.24) is 9.55 Å². The number of rotatable bonds is 4. The monoisotopic (exact) mass is 368 g/mol. The minimum Gasteiger partial charge on any atom is -0.319 e. The van der Waals surface area contributed by atoms with Crippen LogP contribution in [0, 0.1) is 0 Å². The Morgan fingerprint density at radius 3 is 2.90 bits per heavy atom. The van der Waals surface area contributed by atoms with Gasteiger partial charge in [-0.25, -0.2) is 4.98 Å². The molecule has 1 atom stereocenters. The van der Waals surface area contributed by atoms with E-state index >= 15 is 0 Å². The number of imidazole rings is 1. The molecule has 0 spiro atoms. The third kappa shape index (κ3) is 2.41. The van der Waals surface area contributed by atoms with Gasteiger partial charge >= 0.3 is 0 Å². The molecule has 0 aliphatic rings. The van der Waals surface area contributed by atoms with E-state index in [0.717, 1.165) is 27.8 Å². The lowest BCUT2D eigenvalue weighted by molar-refractivity contribution is 0.574. The topological polar surface area (TPSA) is 17.8 Å². The lowest BCUT2D eigenvalue weighted by Gasteiger charge is -2.18. The van der Waals surface area contributed by atoms with E-state index in [-0.39, 0.29) is 0 Å². The second-order valence-electron chi connectivity index (χ2n) is 4.60. The Labute approximate surface area is 135 Å². The third-order valence-electron chi connectivity index (χ3n) is 3.41. The Hall–Kier alpha value is -0.840. The normalized spacial score (nSPS) is 12.9. The molecule has 0 fully saturated rings. The van der Waals surface area contributed by atoms with Crippen molar-refractivity contribution in [2.24, 2.45) is 0 Å². The van der Waals surface area contributed by atoms with E-state index < -0.39 is 0 Å². The van der Waals surface area contributed by atoms with Crippen molar-refractivity contribution in [3.63, 3.8) is 0 Å². The molecule has 0 aliphatic heterocycles. The van der Waals surface area contributed by atoms with Gasteiger partial charge in [0.15, 0.2) is 0 Å². The summed E-state index contributed by atoms with van der Waals surface area (Å²) in [6.45, 7) is 2.20. The van der Waals surface area contributed by atoms with Crippen LogP contribution in [-0.4, -0.2) is 9.55 Å². The zero-order valence-corrected chi connectivity index (χ0v) is 14.2. The highest BCUT2D eigenvalue weighted by Gasteiger charge is 2.19. The van der Waals surface area contributed by atoms with Gasteiger partial charge in [0.1, 0.15) is 5.82 Å². The molecule has 2 aromatic heterocycles. The molecule has 0 saturated heterocycles. The maximum absolute atomic E-state index is 6.11. The number of hydrogen-bond acceptors (Lipinski definition) is 2. The Bertz CT molecular complexity index is 721. The number of fused-ring (bicyclic) bond motifs is 1. The number of nitrogens with zero attached hydrogens (tertiary/aromatic N) is 2. The van der Waals surface area contributed by atoms with Crippen LogP contribution in [0.2, 0.25) is 0 Å².